The van der Waals surface area contributed by atoms with Gasteiger partial charge in [-0.15, -0.1) is 10.2 Å². The molecule has 0 fully saturated rings. The molecular formula is C24H30N4O2S. The second kappa shape index (κ2) is 11.0. The van der Waals surface area contributed by atoms with E-state index in [-0.39, 0.29) is 11.7 Å². The van der Waals surface area contributed by atoms with Gasteiger partial charge in [-0.2, -0.15) is 0 Å². The van der Waals surface area contributed by atoms with Crippen LogP contribution in [-0.4, -0.2) is 26.4 Å². The average Bonchev–Trinajstić information content (AvgIpc) is 3.18. The Bertz CT molecular complexity index is 1010. The molecular weight excluding hydrogens is 408 g/mol. The minimum Gasteiger partial charge on any atom is -0.486 e. The van der Waals surface area contributed by atoms with Gasteiger partial charge in [0.2, 0.25) is 5.91 Å². The highest BCUT2D eigenvalue weighted by molar-refractivity contribution is 7.99. The monoisotopic (exact) mass is 438 g/mol. The molecule has 1 N–H and O–H groups in total. The fourth-order valence-corrected chi connectivity index (χ4v) is 4.23. The highest BCUT2D eigenvalue weighted by Crippen LogP contribution is 2.24. The summed E-state index contributed by atoms with van der Waals surface area (Å²) in [7, 11) is 0. The molecule has 0 unspecified atom stereocenters. The molecule has 7 heteroatoms. The average molecular weight is 439 g/mol. The van der Waals surface area contributed by atoms with E-state index in [1.54, 1.807) is 0 Å². The fourth-order valence-electron chi connectivity index (χ4n) is 3.41. The molecule has 1 aromatic heterocycles. The lowest BCUT2D eigenvalue weighted by Crippen LogP contribution is -2.17. The summed E-state index contributed by atoms with van der Waals surface area (Å²) in [6, 6.07) is 14.1. The smallest absolute Gasteiger partial charge is 0.234 e. The molecule has 31 heavy (non-hydrogen) atoms. The van der Waals surface area contributed by atoms with Gasteiger partial charge in [-0.05, 0) is 55.5 Å². The third kappa shape index (κ3) is 5.88. The Morgan fingerprint density at radius 1 is 1.06 bits per heavy atom. The van der Waals surface area contributed by atoms with E-state index in [1.807, 2.05) is 48.7 Å². The molecule has 0 aliphatic heterocycles. The van der Waals surface area contributed by atoms with E-state index in [0.29, 0.717) is 13.2 Å². The number of carbonyl (C=O) groups is 1. The van der Waals surface area contributed by atoms with E-state index in [0.717, 1.165) is 51.9 Å². The van der Waals surface area contributed by atoms with E-state index in [1.165, 1.54) is 11.8 Å². The Hall–Kier alpha value is -2.80. The zero-order chi connectivity index (χ0) is 22.2. The molecule has 6 nitrogen and oxygen atoms in total. The maximum atomic E-state index is 12.7. The molecule has 0 atom stereocenters. The standard InChI is InChI=1S/C24H30N4O2S/c1-5-18-11-9-12-19(6-2)23(18)25-22(29)16-31-24-27-26-21(28(24)7-3)15-30-20-13-8-10-17(4)14-20/h8-14H,5-7,15-16H2,1-4H3,(H,25,29). The van der Waals surface area contributed by atoms with Gasteiger partial charge < -0.3 is 14.6 Å². The van der Waals surface area contributed by atoms with Gasteiger partial charge in [0.1, 0.15) is 12.4 Å². The number of thioether (sulfide) groups is 1. The van der Waals surface area contributed by atoms with Crippen LogP contribution in [0.15, 0.2) is 47.6 Å². The molecule has 0 bridgehead atoms. The number of anilines is 1. The maximum Gasteiger partial charge on any atom is 0.234 e. The molecule has 0 aliphatic carbocycles. The Morgan fingerprint density at radius 3 is 2.42 bits per heavy atom. The summed E-state index contributed by atoms with van der Waals surface area (Å²) in [5, 5.41) is 12.4. The SMILES string of the molecule is CCc1cccc(CC)c1NC(=O)CSc1nnc(COc2cccc(C)c2)n1CC. The third-order valence-electron chi connectivity index (χ3n) is 5.06. The van der Waals surface area contributed by atoms with Crippen molar-refractivity contribution < 1.29 is 9.53 Å². The molecule has 164 valence electrons. The van der Waals surface area contributed by atoms with Gasteiger partial charge in [-0.25, -0.2) is 0 Å². The first-order valence-corrected chi connectivity index (χ1v) is 11.7. The van der Waals surface area contributed by atoms with Crippen LogP contribution in [0.2, 0.25) is 0 Å². The van der Waals surface area contributed by atoms with Gasteiger partial charge in [0.05, 0.1) is 5.75 Å². The first-order chi connectivity index (χ1) is 15.0. The third-order valence-corrected chi connectivity index (χ3v) is 6.03. The van der Waals surface area contributed by atoms with Gasteiger partial charge >= 0.3 is 0 Å². The van der Waals surface area contributed by atoms with Gasteiger partial charge in [0, 0.05) is 12.2 Å². The number of rotatable bonds is 10. The van der Waals surface area contributed by atoms with E-state index >= 15 is 0 Å². The van der Waals surface area contributed by atoms with Crippen molar-refractivity contribution in [1.29, 1.82) is 0 Å². The first-order valence-electron chi connectivity index (χ1n) is 10.7. The quantitative estimate of drug-likeness (QED) is 0.449. The van der Waals surface area contributed by atoms with Crippen LogP contribution in [0.5, 0.6) is 5.75 Å². The number of para-hydroxylation sites is 1. The van der Waals surface area contributed by atoms with Gasteiger partial charge in [0.25, 0.3) is 0 Å². The molecule has 1 heterocycles. The Balaban J connectivity index is 1.62. The number of hydrogen-bond acceptors (Lipinski definition) is 5. The topological polar surface area (TPSA) is 69.0 Å². The number of ether oxygens (including phenoxy) is 1. The predicted molar refractivity (Wildman–Crippen MR) is 126 cm³/mol. The minimum atomic E-state index is -0.0381. The first kappa shape index (κ1) is 22.9. The minimum absolute atomic E-state index is 0.0381. The highest BCUT2D eigenvalue weighted by atomic mass is 32.2. The number of carbonyl (C=O) groups excluding carboxylic acids is 1. The van der Waals surface area contributed by atoms with Crippen LogP contribution in [0, 0.1) is 6.92 Å². The number of nitrogens with zero attached hydrogens (tertiary/aromatic N) is 3. The van der Waals surface area contributed by atoms with Crippen LogP contribution in [-0.2, 0) is 30.8 Å². The second-order valence-corrected chi connectivity index (χ2v) is 8.19. The molecule has 1 amide bonds. The summed E-state index contributed by atoms with van der Waals surface area (Å²) < 4.78 is 7.86. The number of aryl methyl sites for hydroxylation is 3. The fraction of sp³-hybridized carbons (Fsp3) is 0.375. The second-order valence-electron chi connectivity index (χ2n) is 7.24. The zero-order valence-electron chi connectivity index (χ0n) is 18.6. The number of aromatic nitrogens is 3. The van der Waals surface area contributed by atoms with E-state index in [4.69, 9.17) is 4.74 Å². The van der Waals surface area contributed by atoms with Gasteiger partial charge in [-0.3, -0.25) is 4.79 Å². The van der Waals surface area contributed by atoms with E-state index < -0.39 is 0 Å². The van der Waals surface area contributed by atoms with Crippen molar-refractivity contribution in [1.82, 2.24) is 14.8 Å². The number of benzene rings is 2. The van der Waals surface area contributed by atoms with Crippen molar-refractivity contribution in [2.75, 3.05) is 11.1 Å². The molecule has 3 rings (SSSR count). The normalized spacial score (nSPS) is 10.8. The maximum absolute atomic E-state index is 12.7. The largest absolute Gasteiger partial charge is 0.486 e. The lowest BCUT2D eigenvalue weighted by atomic mass is 10.0. The van der Waals surface area contributed by atoms with Crippen molar-refractivity contribution in [2.24, 2.45) is 0 Å². The highest BCUT2D eigenvalue weighted by Gasteiger charge is 2.15. The van der Waals surface area contributed by atoms with Crippen LogP contribution >= 0.6 is 11.8 Å². The molecule has 0 saturated carbocycles. The lowest BCUT2D eigenvalue weighted by Gasteiger charge is -2.14. The van der Waals surface area contributed by atoms with Crippen LogP contribution in [0.3, 0.4) is 0 Å². The van der Waals surface area contributed by atoms with Crippen molar-refractivity contribution in [3.63, 3.8) is 0 Å². The molecule has 0 radical (unpaired) electrons. The summed E-state index contributed by atoms with van der Waals surface area (Å²) in [5.41, 5.74) is 4.41. The van der Waals surface area contributed by atoms with Crippen LogP contribution < -0.4 is 10.1 Å². The summed E-state index contributed by atoms with van der Waals surface area (Å²) in [5.74, 6) is 1.79. The summed E-state index contributed by atoms with van der Waals surface area (Å²) in [6.07, 6.45) is 1.76. The molecule has 0 spiro atoms. The number of amides is 1. The van der Waals surface area contributed by atoms with Crippen LogP contribution in [0.25, 0.3) is 0 Å². The van der Waals surface area contributed by atoms with Gasteiger partial charge in [0.15, 0.2) is 11.0 Å². The molecule has 3 aromatic rings. The Labute approximate surface area is 188 Å². The molecule has 2 aromatic carbocycles. The van der Waals surface area contributed by atoms with Crippen molar-refractivity contribution in [2.45, 2.75) is 58.8 Å². The van der Waals surface area contributed by atoms with Crippen molar-refractivity contribution in [3.8, 4) is 5.75 Å². The summed E-state index contributed by atoms with van der Waals surface area (Å²) in [6.45, 7) is 9.31. The molecule has 0 aliphatic rings. The predicted octanol–water partition coefficient (Wildman–Crippen LogP) is 5.04. The van der Waals surface area contributed by atoms with E-state index in [2.05, 4.69) is 41.5 Å². The lowest BCUT2D eigenvalue weighted by molar-refractivity contribution is -0.113. The van der Waals surface area contributed by atoms with Gasteiger partial charge in [-0.1, -0.05) is 55.9 Å². The van der Waals surface area contributed by atoms with E-state index in [9.17, 15) is 4.79 Å². The zero-order valence-corrected chi connectivity index (χ0v) is 19.5. The Morgan fingerprint density at radius 2 is 1.77 bits per heavy atom. The van der Waals surface area contributed by atoms with Crippen molar-refractivity contribution >= 4 is 23.4 Å². The number of hydrogen-bond donors (Lipinski definition) is 1. The summed E-state index contributed by atoms with van der Waals surface area (Å²) in [4.78, 5) is 12.7. The van der Waals surface area contributed by atoms with Crippen molar-refractivity contribution in [3.05, 3.63) is 65.0 Å². The summed E-state index contributed by atoms with van der Waals surface area (Å²) >= 11 is 1.39. The van der Waals surface area contributed by atoms with Crippen LogP contribution in [0.4, 0.5) is 5.69 Å². The number of nitrogens with one attached hydrogen (secondary N) is 1. The molecule has 0 saturated heterocycles. The van der Waals surface area contributed by atoms with Crippen LogP contribution in [0.1, 0.15) is 43.3 Å². The Kier molecular flexibility index (Phi) is 8.12.